The lowest BCUT2D eigenvalue weighted by atomic mass is 9.74. The summed E-state index contributed by atoms with van der Waals surface area (Å²) in [6.07, 6.45) is 0.769. The number of hydrogen-bond acceptors (Lipinski definition) is 4. The van der Waals surface area contributed by atoms with Crippen LogP contribution in [0.4, 0.5) is 8.78 Å². The molecule has 0 saturated carbocycles. The van der Waals surface area contributed by atoms with Gasteiger partial charge in [-0.15, -0.1) is 0 Å². The third-order valence-corrected chi connectivity index (χ3v) is 5.27. The lowest BCUT2D eigenvalue weighted by molar-refractivity contribution is -0.138. The molecule has 1 heterocycles. The Bertz CT molecular complexity index is 876. The molecule has 3 rings (SSSR count). The highest BCUT2D eigenvalue weighted by Crippen LogP contribution is 2.45. The molecule has 3 N–H and O–H groups in total. The first-order valence-corrected chi connectivity index (χ1v) is 8.87. The number of carbonyl (C=O) groups is 1. The van der Waals surface area contributed by atoms with Crippen molar-refractivity contribution in [2.75, 3.05) is 6.61 Å². The number of rotatable bonds is 4. The molecule has 2 unspecified atom stereocenters. The Morgan fingerprint density at radius 1 is 1.33 bits per heavy atom. The van der Waals surface area contributed by atoms with Crippen LogP contribution in [0.2, 0.25) is 10.0 Å². The molecule has 1 aliphatic carbocycles. The van der Waals surface area contributed by atoms with Crippen molar-refractivity contribution in [1.82, 2.24) is 10.3 Å². The number of halogens is 4. The van der Waals surface area contributed by atoms with Gasteiger partial charge in [0.2, 0.25) is 5.67 Å². The third kappa shape index (κ3) is 3.52. The summed E-state index contributed by atoms with van der Waals surface area (Å²) in [7, 11) is 0. The Kier molecular flexibility index (Phi) is 5.40. The normalized spacial score (nSPS) is 24.4. The molecule has 0 spiro atoms. The number of hydrogen-bond donors (Lipinski definition) is 3. The summed E-state index contributed by atoms with van der Waals surface area (Å²) in [5.74, 6) is -1.73. The maximum absolute atomic E-state index is 15.6. The molecule has 2 aromatic rings. The minimum Gasteiger partial charge on any atom is -0.393 e. The Hall–Kier alpha value is -1.80. The summed E-state index contributed by atoms with van der Waals surface area (Å²) in [6.45, 7) is -0.994. The number of carbonyl (C=O) groups excluding carboxylic acids is 1. The van der Waals surface area contributed by atoms with Gasteiger partial charge in [0, 0.05) is 33.9 Å². The average molecular weight is 417 g/mol. The van der Waals surface area contributed by atoms with Gasteiger partial charge in [-0.3, -0.25) is 9.78 Å². The van der Waals surface area contributed by atoms with Crippen molar-refractivity contribution < 1.29 is 23.8 Å². The molecule has 1 aliphatic rings. The molecule has 2 atom stereocenters. The summed E-state index contributed by atoms with van der Waals surface area (Å²) in [4.78, 5) is 16.5. The molecule has 5 nitrogen and oxygen atoms in total. The minimum absolute atomic E-state index is 0.00794. The van der Waals surface area contributed by atoms with Crippen LogP contribution in [0.25, 0.3) is 0 Å². The first-order chi connectivity index (χ1) is 12.7. The minimum atomic E-state index is -2.49. The molecular weight excluding hydrogens is 401 g/mol. The average Bonchev–Trinajstić information content (AvgIpc) is 2.64. The maximum Gasteiger partial charge on any atom is 0.262 e. The first kappa shape index (κ1) is 19.9. The van der Waals surface area contributed by atoms with E-state index in [1.54, 1.807) is 0 Å². The highest BCUT2D eigenvalue weighted by Gasteiger charge is 2.51. The monoisotopic (exact) mass is 416 g/mol. The highest BCUT2D eigenvalue weighted by molar-refractivity contribution is 6.35. The van der Waals surface area contributed by atoms with Gasteiger partial charge in [0.05, 0.1) is 12.3 Å². The second kappa shape index (κ2) is 7.31. The number of alkyl halides is 1. The molecule has 1 aromatic heterocycles. The topological polar surface area (TPSA) is 82.5 Å². The van der Waals surface area contributed by atoms with Crippen LogP contribution in [0, 0.1) is 5.82 Å². The molecule has 27 heavy (non-hydrogen) atoms. The number of aliphatic hydroxyl groups is 2. The van der Waals surface area contributed by atoms with E-state index in [1.807, 2.05) is 0 Å². The molecule has 0 radical (unpaired) electrons. The third-order valence-electron chi connectivity index (χ3n) is 4.71. The molecule has 1 aromatic carbocycles. The van der Waals surface area contributed by atoms with Crippen LogP contribution in [0.15, 0.2) is 30.5 Å². The van der Waals surface area contributed by atoms with Crippen LogP contribution in [-0.2, 0) is 22.6 Å². The number of amides is 1. The second-order valence-corrected chi connectivity index (χ2v) is 7.26. The number of benzene rings is 1. The summed E-state index contributed by atoms with van der Waals surface area (Å²) >= 11 is 11.6. The number of aliphatic hydroxyl groups excluding tert-OH is 1. The van der Waals surface area contributed by atoms with Crippen molar-refractivity contribution in [3.8, 4) is 0 Å². The van der Waals surface area contributed by atoms with Crippen LogP contribution < -0.4 is 5.32 Å². The second-order valence-electron chi connectivity index (χ2n) is 6.42. The molecule has 1 amide bonds. The zero-order valence-corrected chi connectivity index (χ0v) is 15.5. The summed E-state index contributed by atoms with van der Waals surface area (Å²) in [5, 5.41) is 22.4. The largest absolute Gasteiger partial charge is 0.393 e. The molecule has 9 heteroatoms. The van der Waals surface area contributed by atoms with Gasteiger partial charge in [-0.2, -0.15) is 0 Å². The van der Waals surface area contributed by atoms with Crippen molar-refractivity contribution in [2.45, 2.75) is 30.7 Å². The van der Waals surface area contributed by atoms with E-state index in [1.165, 1.54) is 24.4 Å². The van der Waals surface area contributed by atoms with E-state index in [9.17, 15) is 19.4 Å². The van der Waals surface area contributed by atoms with Crippen molar-refractivity contribution >= 4 is 29.1 Å². The molecule has 0 bridgehead atoms. The lowest BCUT2D eigenvalue weighted by Gasteiger charge is -2.38. The molecule has 0 fully saturated rings. The number of pyridine rings is 1. The SMILES string of the molecule is O=C(NCc1c(F)cc(Cl)cc1Cl)C1(F)CCC(O)(CO)c2ncccc21. The Labute approximate surface area is 163 Å². The Morgan fingerprint density at radius 3 is 2.74 bits per heavy atom. The molecule has 144 valence electrons. The van der Waals surface area contributed by atoms with Crippen molar-refractivity contribution in [1.29, 1.82) is 0 Å². The number of nitrogens with zero attached hydrogens (tertiary/aromatic N) is 1. The lowest BCUT2D eigenvalue weighted by Crippen LogP contribution is -2.49. The van der Waals surface area contributed by atoms with Crippen molar-refractivity contribution in [3.05, 3.63) is 63.1 Å². The molecule has 0 aliphatic heterocycles. The highest BCUT2D eigenvalue weighted by atomic mass is 35.5. The van der Waals surface area contributed by atoms with Gasteiger partial charge < -0.3 is 15.5 Å². The van der Waals surface area contributed by atoms with E-state index in [0.29, 0.717) is 0 Å². The fourth-order valence-electron chi connectivity index (χ4n) is 3.17. The van der Waals surface area contributed by atoms with E-state index >= 15 is 4.39 Å². The van der Waals surface area contributed by atoms with Gasteiger partial charge in [0.25, 0.3) is 5.91 Å². The smallest absolute Gasteiger partial charge is 0.262 e. The van der Waals surface area contributed by atoms with E-state index in [4.69, 9.17) is 23.2 Å². The Morgan fingerprint density at radius 2 is 2.07 bits per heavy atom. The van der Waals surface area contributed by atoms with Gasteiger partial charge in [-0.1, -0.05) is 29.3 Å². The predicted octanol–water partition coefficient (Wildman–Crippen LogP) is 2.98. The van der Waals surface area contributed by atoms with Gasteiger partial charge in [-0.05, 0) is 31.0 Å². The zero-order chi connectivity index (χ0) is 19.8. The van der Waals surface area contributed by atoms with E-state index in [-0.39, 0.29) is 46.3 Å². The van der Waals surface area contributed by atoms with Crippen molar-refractivity contribution in [2.24, 2.45) is 0 Å². The van der Waals surface area contributed by atoms with Crippen LogP contribution in [0.3, 0.4) is 0 Å². The fourth-order valence-corrected chi connectivity index (χ4v) is 3.70. The van der Waals surface area contributed by atoms with E-state index < -0.39 is 29.6 Å². The van der Waals surface area contributed by atoms with Crippen molar-refractivity contribution in [3.63, 3.8) is 0 Å². The Balaban J connectivity index is 1.88. The van der Waals surface area contributed by atoms with Gasteiger partial charge >= 0.3 is 0 Å². The van der Waals surface area contributed by atoms with Crippen LogP contribution in [0.1, 0.15) is 29.7 Å². The number of fused-ring (bicyclic) bond motifs is 1. The summed E-state index contributed by atoms with van der Waals surface area (Å²) in [6, 6.07) is 5.12. The number of nitrogens with one attached hydrogen (secondary N) is 1. The van der Waals surface area contributed by atoms with E-state index in [2.05, 4.69) is 10.3 Å². The molecule has 0 saturated heterocycles. The van der Waals surface area contributed by atoms with Crippen LogP contribution in [0.5, 0.6) is 0 Å². The van der Waals surface area contributed by atoms with Crippen LogP contribution in [-0.4, -0.2) is 27.7 Å². The zero-order valence-electron chi connectivity index (χ0n) is 14.0. The van der Waals surface area contributed by atoms with E-state index in [0.717, 1.165) is 6.07 Å². The summed E-state index contributed by atoms with van der Waals surface area (Å²) < 4.78 is 29.6. The summed E-state index contributed by atoms with van der Waals surface area (Å²) in [5.41, 5.74) is -4.45. The number of aromatic nitrogens is 1. The maximum atomic E-state index is 15.6. The van der Waals surface area contributed by atoms with Gasteiger partial charge in [-0.25, -0.2) is 8.78 Å². The van der Waals surface area contributed by atoms with Gasteiger partial charge in [0.1, 0.15) is 11.4 Å². The quantitative estimate of drug-likeness (QED) is 0.715. The standard InChI is InChI=1S/C18H16Cl2F2N2O3/c19-10-6-13(20)11(14(21)7-10)8-24-16(26)18(22)4-3-17(27,9-25)15-12(18)2-1-5-23-15/h1-2,5-7,25,27H,3-4,8-9H2,(H,24,26). The van der Waals surface area contributed by atoms with Gasteiger partial charge in [0.15, 0.2) is 0 Å². The first-order valence-electron chi connectivity index (χ1n) is 8.11. The fraction of sp³-hybridized carbons (Fsp3) is 0.333. The molecular formula is C18H16Cl2F2N2O3. The predicted molar refractivity (Wildman–Crippen MR) is 95.5 cm³/mol. The van der Waals surface area contributed by atoms with Crippen LogP contribution >= 0.6 is 23.2 Å².